The maximum atomic E-state index is 6.11. The van der Waals surface area contributed by atoms with Crippen molar-refractivity contribution in [3.63, 3.8) is 0 Å². The lowest BCUT2D eigenvalue weighted by atomic mass is 9.74. The van der Waals surface area contributed by atoms with Gasteiger partial charge < -0.3 is 19.7 Å². The average Bonchev–Trinajstić information content (AvgIpc) is 2.81. The van der Waals surface area contributed by atoms with Crippen molar-refractivity contribution in [1.82, 2.24) is 10.2 Å². The Balaban J connectivity index is 0.00000272. The molecule has 5 nitrogen and oxygen atoms in total. The van der Waals surface area contributed by atoms with Crippen LogP contribution in [0.2, 0.25) is 0 Å². The van der Waals surface area contributed by atoms with Crippen LogP contribution in [-0.2, 0) is 14.9 Å². The first-order valence-electron chi connectivity index (χ1n) is 11.0. The number of halogens is 1. The summed E-state index contributed by atoms with van der Waals surface area (Å²) in [5, 5.41) is 3.70. The fraction of sp³-hybridized carbons (Fsp3) is 0.480. The highest BCUT2D eigenvalue weighted by Gasteiger charge is 2.35. The molecular weight excluding hydrogens is 501 g/mol. The molecule has 2 aliphatic heterocycles. The van der Waals surface area contributed by atoms with Crippen LogP contribution in [0.1, 0.15) is 35.6 Å². The molecule has 0 bridgehead atoms. The largest absolute Gasteiger partial charge is 0.381 e. The van der Waals surface area contributed by atoms with Gasteiger partial charge in [-0.05, 0) is 36.5 Å². The van der Waals surface area contributed by atoms with Crippen LogP contribution in [0.15, 0.2) is 59.6 Å². The Morgan fingerprint density at radius 3 is 2.48 bits per heavy atom. The van der Waals surface area contributed by atoms with Crippen molar-refractivity contribution in [3.8, 4) is 0 Å². The molecule has 0 saturated carbocycles. The Morgan fingerprint density at radius 2 is 1.77 bits per heavy atom. The number of hydrogen-bond donors (Lipinski definition) is 1. The number of nitrogens with one attached hydrogen (secondary N) is 1. The lowest BCUT2D eigenvalue weighted by Gasteiger charge is -2.40. The Bertz CT molecular complexity index is 853. The number of rotatable bonds is 4. The Morgan fingerprint density at radius 1 is 1.06 bits per heavy atom. The summed E-state index contributed by atoms with van der Waals surface area (Å²) in [6, 6.07) is 19.3. The Kier molecular flexibility index (Phi) is 8.75. The number of guanidine groups is 1. The van der Waals surface area contributed by atoms with E-state index in [1.54, 1.807) is 0 Å². The van der Waals surface area contributed by atoms with Crippen LogP contribution in [0.4, 0.5) is 0 Å². The molecule has 6 heteroatoms. The van der Waals surface area contributed by atoms with Crippen molar-refractivity contribution >= 4 is 29.9 Å². The number of aryl methyl sites for hydroxylation is 1. The molecular formula is C25H34IN3O2. The second kappa shape index (κ2) is 11.3. The minimum Gasteiger partial charge on any atom is -0.381 e. The molecule has 0 aliphatic carbocycles. The van der Waals surface area contributed by atoms with Gasteiger partial charge in [-0.15, -0.1) is 24.0 Å². The van der Waals surface area contributed by atoms with E-state index in [1.165, 1.54) is 16.7 Å². The lowest BCUT2D eigenvalue weighted by Crippen LogP contribution is -2.52. The predicted molar refractivity (Wildman–Crippen MR) is 136 cm³/mol. The van der Waals surface area contributed by atoms with E-state index < -0.39 is 0 Å². The second-order valence-corrected chi connectivity index (χ2v) is 8.32. The molecule has 0 aromatic heterocycles. The van der Waals surface area contributed by atoms with Crippen LogP contribution >= 0.6 is 24.0 Å². The fourth-order valence-corrected chi connectivity index (χ4v) is 4.68. The van der Waals surface area contributed by atoms with Gasteiger partial charge in [0.2, 0.25) is 0 Å². The van der Waals surface area contributed by atoms with Gasteiger partial charge in [0.05, 0.1) is 13.2 Å². The number of aliphatic imine (C=N–C) groups is 1. The van der Waals surface area contributed by atoms with Crippen LogP contribution in [0.5, 0.6) is 0 Å². The van der Waals surface area contributed by atoms with E-state index in [0.29, 0.717) is 6.61 Å². The fourth-order valence-electron chi connectivity index (χ4n) is 4.68. The Hall–Kier alpha value is -1.64. The van der Waals surface area contributed by atoms with E-state index in [2.05, 4.69) is 76.7 Å². The molecule has 2 aliphatic rings. The highest BCUT2D eigenvalue weighted by molar-refractivity contribution is 14.0. The van der Waals surface area contributed by atoms with E-state index >= 15 is 0 Å². The molecule has 4 rings (SSSR count). The quantitative estimate of drug-likeness (QED) is 0.360. The van der Waals surface area contributed by atoms with Crippen LogP contribution in [0.3, 0.4) is 0 Å². The lowest BCUT2D eigenvalue weighted by molar-refractivity contribution is -0.00863. The molecule has 31 heavy (non-hydrogen) atoms. The summed E-state index contributed by atoms with van der Waals surface area (Å²) in [5.74, 6) is 0.957. The topological polar surface area (TPSA) is 46.1 Å². The monoisotopic (exact) mass is 535 g/mol. The van der Waals surface area contributed by atoms with Crippen molar-refractivity contribution < 1.29 is 9.47 Å². The standard InChI is InChI=1S/C25H33N3O2.HI/c1-20-8-6-7-11-22(20)23-18-28(14-17-30-23)24(26-2)27-19-25(12-15-29-16-13-25)21-9-4-3-5-10-21;/h3-11,23H,12-19H2,1-2H3,(H,26,27);1H. The highest BCUT2D eigenvalue weighted by atomic mass is 127. The number of benzene rings is 2. The third-order valence-corrected chi connectivity index (χ3v) is 6.53. The van der Waals surface area contributed by atoms with Crippen molar-refractivity contribution in [3.05, 3.63) is 71.3 Å². The van der Waals surface area contributed by atoms with Gasteiger partial charge in [0.1, 0.15) is 6.10 Å². The van der Waals surface area contributed by atoms with Gasteiger partial charge in [-0.2, -0.15) is 0 Å². The molecule has 0 amide bonds. The first-order valence-corrected chi connectivity index (χ1v) is 11.0. The molecule has 1 atom stereocenters. The number of morpholine rings is 1. The summed E-state index contributed by atoms with van der Waals surface area (Å²) >= 11 is 0. The van der Waals surface area contributed by atoms with Gasteiger partial charge in [0.25, 0.3) is 0 Å². The summed E-state index contributed by atoms with van der Waals surface area (Å²) < 4.78 is 11.8. The molecule has 2 aromatic carbocycles. The molecule has 1 unspecified atom stereocenters. The summed E-state index contributed by atoms with van der Waals surface area (Å²) in [6.07, 6.45) is 2.12. The summed E-state index contributed by atoms with van der Waals surface area (Å²) in [5.41, 5.74) is 4.01. The van der Waals surface area contributed by atoms with E-state index in [1.807, 2.05) is 7.05 Å². The zero-order valence-corrected chi connectivity index (χ0v) is 20.9. The highest BCUT2D eigenvalue weighted by Crippen LogP contribution is 2.34. The zero-order chi connectivity index (χ0) is 20.8. The van der Waals surface area contributed by atoms with Gasteiger partial charge in [0.15, 0.2) is 5.96 Å². The normalized spacial score (nSPS) is 21.3. The van der Waals surface area contributed by atoms with Gasteiger partial charge in [0, 0.05) is 38.8 Å². The van der Waals surface area contributed by atoms with E-state index in [9.17, 15) is 0 Å². The third kappa shape index (κ3) is 5.59. The summed E-state index contributed by atoms with van der Waals surface area (Å²) in [6.45, 7) is 7.00. The van der Waals surface area contributed by atoms with Crippen molar-refractivity contribution in [2.45, 2.75) is 31.3 Å². The molecule has 2 aromatic rings. The molecule has 2 fully saturated rings. The van der Waals surface area contributed by atoms with Gasteiger partial charge >= 0.3 is 0 Å². The van der Waals surface area contributed by atoms with Crippen LogP contribution in [0.25, 0.3) is 0 Å². The molecule has 2 heterocycles. The predicted octanol–water partition coefficient (Wildman–Crippen LogP) is 4.31. The molecule has 0 radical (unpaired) electrons. The third-order valence-electron chi connectivity index (χ3n) is 6.53. The maximum absolute atomic E-state index is 6.11. The molecule has 2 saturated heterocycles. The van der Waals surface area contributed by atoms with E-state index in [0.717, 1.165) is 51.6 Å². The molecule has 1 N–H and O–H groups in total. The SMILES string of the molecule is CN=C(NCC1(c2ccccc2)CCOCC1)N1CCOC(c2ccccc2C)C1.I. The number of hydrogen-bond acceptors (Lipinski definition) is 3. The number of ether oxygens (including phenoxy) is 2. The maximum Gasteiger partial charge on any atom is 0.193 e. The van der Waals surface area contributed by atoms with Crippen LogP contribution in [-0.4, -0.2) is 57.4 Å². The van der Waals surface area contributed by atoms with Crippen molar-refractivity contribution in [2.75, 3.05) is 46.5 Å². The van der Waals surface area contributed by atoms with Gasteiger partial charge in [-0.1, -0.05) is 54.6 Å². The van der Waals surface area contributed by atoms with Crippen LogP contribution < -0.4 is 5.32 Å². The average molecular weight is 535 g/mol. The first kappa shape index (κ1) is 24.0. The van der Waals surface area contributed by atoms with Crippen molar-refractivity contribution in [2.24, 2.45) is 4.99 Å². The smallest absolute Gasteiger partial charge is 0.193 e. The first-order chi connectivity index (χ1) is 14.7. The summed E-state index contributed by atoms with van der Waals surface area (Å²) in [7, 11) is 1.87. The van der Waals surface area contributed by atoms with Gasteiger partial charge in [-0.25, -0.2) is 0 Å². The number of nitrogens with zero attached hydrogens (tertiary/aromatic N) is 2. The minimum absolute atomic E-state index is 0. The molecule has 0 spiro atoms. The zero-order valence-electron chi connectivity index (χ0n) is 18.5. The minimum atomic E-state index is 0. The molecule has 168 valence electrons. The van der Waals surface area contributed by atoms with E-state index in [-0.39, 0.29) is 35.5 Å². The second-order valence-electron chi connectivity index (χ2n) is 8.32. The Labute approximate surface area is 203 Å². The summed E-state index contributed by atoms with van der Waals surface area (Å²) in [4.78, 5) is 6.95. The van der Waals surface area contributed by atoms with Gasteiger partial charge in [-0.3, -0.25) is 4.99 Å². The van der Waals surface area contributed by atoms with E-state index in [4.69, 9.17) is 9.47 Å². The van der Waals surface area contributed by atoms with Crippen molar-refractivity contribution in [1.29, 1.82) is 0 Å². The van der Waals surface area contributed by atoms with Crippen LogP contribution in [0, 0.1) is 6.92 Å².